The molecular weight excluding hydrogens is 232 g/mol. The highest BCUT2D eigenvalue weighted by atomic mass is 16.5. The molecule has 4 heteroatoms. The zero-order valence-electron chi connectivity index (χ0n) is 10.8. The maximum absolute atomic E-state index is 11.4. The molecule has 1 rings (SSSR count). The Morgan fingerprint density at radius 1 is 1.33 bits per heavy atom. The predicted octanol–water partition coefficient (Wildman–Crippen LogP) is 2.62. The minimum atomic E-state index is -0.161. The van der Waals surface area contributed by atoms with E-state index in [0.717, 1.165) is 12.0 Å². The molecule has 4 nitrogen and oxygen atoms in total. The second-order valence-corrected chi connectivity index (χ2v) is 4.40. The molecule has 1 aromatic carbocycles. The van der Waals surface area contributed by atoms with E-state index < -0.39 is 0 Å². The first-order chi connectivity index (χ1) is 8.54. The maximum Gasteiger partial charge on any atom is 0.308 e. The molecule has 2 N–H and O–H groups in total. The Bertz CT molecular complexity index is 401. The van der Waals surface area contributed by atoms with Crippen LogP contribution in [0.3, 0.4) is 0 Å². The van der Waals surface area contributed by atoms with E-state index >= 15 is 0 Å². The Labute approximate surface area is 107 Å². The third-order valence-electron chi connectivity index (χ3n) is 2.91. The predicted molar refractivity (Wildman–Crippen MR) is 68.5 cm³/mol. The van der Waals surface area contributed by atoms with Crippen LogP contribution in [0.4, 0.5) is 0 Å². The van der Waals surface area contributed by atoms with Crippen LogP contribution in [0.5, 0.6) is 11.5 Å². The lowest BCUT2D eigenvalue weighted by molar-refractivity contribution is -0.148. The highest BCUT2D eigenvalue weighted by Crippen LogP contribution is 2.25. The van der Waals surface area contributed by atoms with Gasteiger partial charge in [-0.1, -0.05) is 19.9 Å². The van der Waals surface area contributed by atoms with Crippen LogP contribution in [0.15, 0.2) is 18.2 Å². The van der Waals surface area contributed by atoms with Gasteiger partial charge in [0.15, 0.2) is 11.5 Å². The highest BCUT2D eigenvalue weighted by Gasteiger charge is 2.11. The fourth-order valence-electron chi connectivity index (χ4n) is 1.48. The fraction of sp³-hybridized carbons (Fsp3) is 0.500. The molecule has 18 heavy (non-hydrogen) atoms. The molecule has 0 aliphatic heterocycles. The van der Waals surface area contributed by atoms with Gasteiger partial charge in [-0.15, -0.1) is 0 Å². The second-order valence-electron chi connectivity index (χ2n) is 4.40. The molecule has 0 bridgehead atoms. The Kier molecular flexibility index (Phi) is 5.49. The average molecular weight is 252 g/mol. The molecule has 0 amide bonds. The van der Waals surface area contributed by atoms with E-state index in [9.17, 15) is 9.90 Å². The fourth-order valence-corrected chi connectivity index (χ4v) is 1.48. The summed E-state index contributed by atoms with van der Waals surface area (Å²) in [6.45, 7) is 4.18. The van der Waals surface area contributed by atoms with E-state index in [0.29, 0.717) is 19.4 Å². The number of hydrogen-bond acceptors (Lipinski definition) is 4. The minimum Gasteiger partial charge on any atom is -0.504 e. The number of aromatic hydroxyl groups is 2. The van der Waals surface area contributed by atoms with E-state index in [4.69, 9.17) is 9.84 Å². The van der Waals surface area contributed by atoms with Crippen molar-refractivity contribution in [3.8, 4) is 11.5 Å². The lowest BCUT2D eigenvalue weighted by atomic mass is 10.1. The molecule has 1 aromatic rings. The molecule has 1 unspecified atom stereocenters. The summed E-state index contributed by atoms with van der Waals surface area (Å²) in [5.74, 6) is -0.459. The topological polar surface area (TPSA) is 66.8 Å². The van der Waals surface area contributed by atoms with Gasteiger partial charge >= 0.3 is 5.97 Å². The van der Waals surface area contributed by atoms with E-state index in [2.05, 4.69) is 0 Å². The zero-order chi connectivity index (χ0) is 13.5. The SMILES string of the molecule is CCC(C)C(=O)OCCCc1ccc(O)c(O)c1. The van der Waals surface area contributed by atoms with E-state index in [-0.39, 0.29) is 23.4 Å². The lowest BCUT2D eigenvalue weighted by Gasteiger charge is -2.09. The van der Waals surface area contributed by atoms with Gasteiger partial charge in [0.25, 0.3) is 0 Å². The van der Waals surface area contributed by atoms with Crippen LogP contribution in [-0.4, -0.2) is 22.8 Å². The standard InChI is InChI=1S/C14H20O4/c1-3-10(2)14(17)18-8-4-5-11-6-7-12(15)13(16)9-11/h6-7,9-10,15-16H,3-5,8H2,1-2H3. The number of carbonyl (C=O) groups excluding carboxylic acids is 1. The Hall–Kier alpha value is -1.71. The van der Waals surface area contributed by atoms with Crippen molar-refractivity contribution in [3.05, 3.63) is 23.8 Å². The minimum absolute atomic E-state index is 0.0530. The number of aryl methyl sites for hydroxylation is 1. The van der Waals surface area contributed by atoms with Crippen molar-refractivity contribution in [2.75, 3.05) is 6.61 Å². The molecule has 0 saturated heterocycles. The molecule has 1 atom stereocenters. The highest BCUT2D eigenvalue weighted by molar-refractivity contribution is 5.71. The van der Waals surface area contributed by atoms with E-state index in [1.807, 2.05) is 13.8 Å². The number of phenols is 2. The van der Waals surface area contributed by atoms with Gasteiger partial charge in [-0.2, -0.15) is 0 Å². The quantitative estimate of drug-likeness (QED) is 0.464. The molecule has 0 aromatic heterocycles. The normalized spacial score (nSPS) is 12.1. The lowest BCUT2D eigenvalue weighted by Crippen LogP contribution is -2.14. The molecule has 0 aliphatic rings. The first kappa shape index (κ1) is 14.4. The second kappa shape index (κ2) is 6.89. The van der Waals surface area contributed by atoms with Gasteiger partial charge in [0.2, 0.25) is 0 Å². The summed E-state index contributed by atoms with van der Waals surface area (Å²) in [6, 6.07) is 4.72. The van der Waals surface area contributed by atoms with Gasteiger partial charge in [-0.3, -0.25) is 4.79 Å². The Balaban J connectivity index is 2.29. The molecule has 0 saturated carbocycles. The molecule has 100 valence electrons. The summed E-state index contributed by atoms with van der Waals surface area (Å²) in [4.78, 5) is 11.4. The Morgan fingerprint density at radius 3 is 2.67 bits per heavy atom. The Morgan fingerprint density at radius 2 is 2.06 bits per heavy atom. The molecular formula is C14H20O4. The van der Waals surface area contributed by atoms with Crippen LogP contribution in [0.1, 0.15) is 32.3 Å². The van der Waals surface area contributed by atoms with Crippen molar-refractivity contribution < 1.29 is 19.7 Å². The molecule has 0 heterocycles. The van der Waals surface area contributed by atoms with Crippen LogP contribution in [0.2, 0.25) is 0 Å². The van der Waals surface area contributed by atoms with Gasteiger partial charge in [0.1, 0.15) is 0 Å². The van der Waals surface area contributed by atoms with Crippen LogP contribution in [0.25, 0.3) is 0 Å². The summed E-state index contributed by atoms with van der Waals surface area (Å²) in [5, 5.41) is 18.5. The van der Waals surface area contributed by atoms with Crippen molar-refractivity contribution in [2.45, 2.75) is 33.1 Å². The van der Waals surface area contributed by atoms with Crippen molar-refractivity contribution in [3.63, 3.8) is 0 Å². The molecule has 0 aliphatic carbocycles. The number of carbonyl (C=O) groups is 1. The number of phenolic OH excluding ortho intramolecular Hbond substituents is 2. The van der Waals surface area contributed by atoms with Crippen LogP contribution in [-0.2, 0) is 16.0 Å². The number of rotatable bonds is 6. The smallest absolute Gasteiger partial charge is 0.308 e. The van der Waals surface area contributed by atoms with Gasteiger partial charge < -0.3 is 14.9 Å². The number of esters is 1. The number of ether oxygens (including phenoxy) is 1. The summed E-state index contributed by atoms with van der Waals surface area (Å²) >= 11 is 0. The van der Waals surface area contributed by atoms with Crippen LogP contribution in [0, 0.1) is 5.92 Å². The van der Waals surface area contributed by atoms with Gasteiger partial charge in [-0.25, -0.2) is 0 Å². The summed E-state index contributed by atoms with van der Waals surface area (Å²) in [5.41, 5.74) is 0.907. The van der Waals surface area contributed by atoms with Gasteiger partial charge in [0, 0.05) is 0 Å². The van der Waals surface area contributed by atoms with Gasteiger partial charge in [0.05, 0.1) is 12.5 Å². The monoisotopic (exact) mass is 252 g/mol. The van der Waals surface area contributed by atoms with E-state index in [1.54, 1.807) is 6.07 Å². The number of hydrogen-bond donors (Lipinski definition) is 2. The largest absolute Gasteiger partial charge is 0.504 e. The van der Waals surface area contributed by atoms with Crippen molar-refractivity contribution in [2.24, 2.45) is 5.92 Å². The van der Waals surface area contributed by atoms with Crippen molar-refractivity contribution in [1.82, 2.24) is 0 Å². The summed E-state index contributed by atoms with van der Waals surface area (Å²) < 4.78 is 5.12. The van der Waals surface area contributed by atoms with Crippen LogP contribution >= 0.6 is 0 Å². The molecule has 0 fully saturated rings. The molecule has 0 spiro atoms. The average Bonchev–Trinajstić information content (AvgIpc) is 2.37. The van der Waals surface area contributed by atoms with Crippen molar-refractivity contribution in [1.29, 1.82) is 0 Å². The van der Waals surface area contributed by atoms with E-state index in [1.165, 1.54) is 12.1 Å². The van der Waals surface area contributed by atoms with Gasteiger partial charge in [-0.05, 0) is 37.0 Å². The van der Waals surface area contributed by atoms with Crippen molar-refractivity contribution >= 4 is 5.97 Å². The molecule has 0 radical (unpaired) electrons. The first-order valence-electron chi connectivity index (χ1n) is 6.22. The van der Waals surface area contributed by atoms with Crippen LogP contribution < -0.4 is 0 Å². The summed E-state index contributed by atoms with van der Waals surface area (Å²) in [6.07, 6.45) is 2.18. The zero-order valence-corrected chi connectivity index (χ0v) is 10.8. The number of benzene rings is 1. The third-order valence-corrected chi connectivity index (χ3v) is 2.91. The maximum atomic E-state index is 11.4. The first-order valence-corrected chi connectivity index (χ1v) is 6.22. The third kappa shape index (κ3) is 4.28. The summed E-state index contributed by atoms with van der Waals surface area (Å²) in [7, 11) is 0.